The Morgan fingerprint density at radius 1 is 1.15 bits per heavy atom. The molecule has 3 aromatic rings. The zero-order valence-corrected chi connectivity index (χ0v) is 14.4. The predicted molar refractivity (Wildman–Crippen MR) is 97.0 cm³/mol. The smallest absolute Gasteiger partial charge is 0.339 e. The van der Waals surface area contributed by atoms with Crippen LogP contribution in [0.15, 0.2) is 59.1 Å². The van der Waals surface area contributed by atoms with Gasteiger partial charge in [0.25, 0.3) is 5.91 Å². The molecule has 0 saturated heterocycles. The first-order chi connectivity index (χ1) is 13.1. The number of carbonyl (C=O) groups is 2. The molecule has 0 spiro atoms. The number of anilines is 1. The zero-order chi connectivity index (χ0) is 19.2. The number of hydrogen-bond acceptors (Lipinski definition) is 6. The van der Waals surface area contributed by atoms with Gasteiger partial charge in [-0.25, -0.2) is 4.79 Å². The lowest BCUT2D eigenvalue weighted by atomic mass is 10.1. The van der Waals surface area contributed by atoms with Gasteiger partial charge in [-0.15, -0.1) is 0 Å². The number of carbonyl (C=O) groups excluding carboxylic acids is 2. The van der Waals surface area contributed by atoms with Crippen molar-refractivity contribution < 1.29 is 18.8 Å². The second-order valence-electron chi connectivity index (χ2n) is 5.59. The standard InChI is InChI=1S/C20H15N3O4/c1-13-17(18(23-27-13)14-5-3-2-4-6-14)19(24)22-16-9-7-15(8-10-16)20(25)26-12-11-21/h2-10H,12H2,1H3,(H,22,24). The summed E-state index contributed by atoms with van der Waals surface area (Å²) in [6, 6.07) is 17.2. The third-order valence-electron chi connectivity index (χ3n) is 3.78. The van der Waals surface area contributed by atoms with E-state index in [1.807, 2.05) is 30.3 Å². The Morgan fingerprint density at radius 3 is 2.52 bits per heavy atom. The van der Waals surface area contributed by atoms with E-state index in [0.717, 1.165) is 5.56 Å². The largest absolute Gasteiger partial charge is 0.447 e. The van der Waals surface area contributed by atoms with Crippen LogP contribution < -0.4 is 5.32 Å². The highest BCUT2D eigenvalue weighted by atomic mass is 16.5. The van der Waals surface area contributed by atoms with Crippen LogP contribution in [0, 0.1) is 18.3 Å². The molecule has 0 aliphatic carbocycles. The number of hydrogen-bond donors (Lipinski definition) is 1. The highest BCUT2D eigenvalue weighted by Crippen LogP contribution is 2.26. The lowest BCUT2D eigenvalue weighted by Gasteiger charge is -2.07. The molecule has 0 unspecified atom stereocenters. The van der Waals surface area contributed by atoms with Gasteiger partial charge in [-0.3, -0.25) is 4.79 Å². The highest BCUT2D eigenvalue weighted by Gasteiger charge is 2.21. The van der Waals surface area contributed by atoms with Crippen molar-refractivity contribution in [2.45, 2.75) is 6.92 Å². The second kappa shape index (κ2) is 7.97. The van der Waals surface area contributed by atoms with Gasteiger partial charge in [-0.1, -0.05) is 35.5 Å². The van der Waals surface area contributed by atoms with Crippen molar-refractivity contribution in [3.63, 3.8) is 0 Å². The van der Waals surface area contributed by atoms with Gasteiger partial charge in [0.1, 0.15) is 23.1 Å². The lowest BCUT2D eigenvalue weighted by Crippen LogP contribution is -2.13. The minimum absolute atomic E-state index is 0.286. The van der Waals surface area contributed by atoms with E-state index < -0.39 is 5.97 Å². The number of benzene rings is 2. The summed E-state index contributed by atoms with van der Waals surface area (Å²) >= 11 is 0. The van der Waals surface area contributed by atoms with Crippen molar-refractivity contribution in [2.24, 2.45) is 0 Å². The summed E-state index contributed by atoms with van der Waals surface area (Å²) in [5.74, 6) is -0.564. The van der Waals surface area contributed by atoms with E-state index >= 15 is 0 Å². The van der Waals surface area contributed by atoms with E-state index in [1.165, 1.54) is 12.1 Å². The quantitative estimate of drug-likeness (QED) is 0.696. The summed E-state index contributed by atoms with van der Waals surface area (Å²) in [6.07, 6.45) is 0. The van der Waals surface area contributed by atoms with Crippen molar-refractivity contribution in [2.75, 3.05) is 11.9 Å². The van der Waals surface area contributed by atoms with E-state index in [1.54, 1.807) is 25.1 Å². The molecule has 0 saturated carbocycles. The first-order valence-corrected chi connectivity index (χ1v) is 8.07. The minimum atomic E-state index is -0.601. The molecular weight excluding hydrogens is 346 g/mol. The first kappa shape index (κ1) is 17.9. The topological polar surface area (TPSA) is 105 Å². The monoisotopic (exact) mass is 361 g/mol. The maximum atomic E-state index is 12.7. The molecule has 1 heterocycles. The molecule has 0 atom stereocenters. The van der Waals surface area contributed by atoms with Crippen LogP contribution in [0.2, 0.25) is 0 Å². The van der Waals surface area contributed by atoms with E-state index in [-0.39, 0.29) is 18.1 Å². The van der Waals surface area contributed by atoms with E-state index in [0.29, 0.717) is 22.7 Å². The number of ether oxygens (including phenoxy) is 1. The van der Waals surface area contributed by atoms with Crippen molar-refractivity contribution in [3.05, 3.63) is 71.5 Å². The van der Waals surface area contributed by atoms with Crippen LogP contribution in [0.3, 0.4) is 0 Å². The van der Waals surface area contributed by atoms with Crippen LogP contribution in [0.25, 0.3) is 11.3 Å². The molecule has 1 N–H and O–H groups in total. The number of aromatic nitrogens is 1. The molecule has 0 bridgehead atoms. The molecule has 0 radical (unpaired) electrons. The van der Waals surface area contributed by atoms with Gasteiger partial charge in [0.15, 0.2) is 6.61 Å². The second-order valence-corrected chi connectivity index (χ2v) is 5.59. The Kier molecular flexibility index (Phi) is 5.28. The van der Waals surface area contributed by atoms with Gasteiger partial charge in [0.05, 0.1) is 5.56 Å². The molecule has 0 aliphatic rings. The molecule has 134 valence electrons. The highest BCUT2D eigenvalue weighted by molar-refractivity contribution is 6.08. The van der Waals surface area contributed by atoms with Crippen LogP contribution >= 0.6 is 0 Å². The van der Waals surface area contributed by atoms with E-state index in [9.17, 15) is 9.59 Å². The molecule has 1 amide bonds. The number of nitrogens with one attached hydrogen (secondary N) is 1. The normalized spacial score (nSPS) is 10.1. The number of nitrogens with zero attached hydrogens (tertiary/aromatic N) is 2. The van der Waals surface area contributed by atoms with Crippen LogP contribution in [-0.2, 0) is 4.74 Å². The Balaban J connectivity index is 1.78. The molecule has 2 aromatic carbocycles. The molecule has 0 aliphatic heterocycles. The fraction of sp³-hybridized carbons (Fsp3) is 0.100. The van der Waals surface area contributed by atoms with Gasteiger partial charge in [0, 0.05) is 11.3 Å². The third kappa shape index (κ3) is 4.02. The maximum absolute atomic E-state index is 12.7. The summed E-state index contributed by atoms with van der Waals surface area (Å²) < 4.78 is 9.93. The minimum Gasteiger partial charge on any atom is -0.447 e. The Hall–Kier alpha value is -3.92. The summed E-state index contributed by atoms with van der Waals surface area (Å²) in [5.41, 5.74) is 2.36. The van der Waals surface area contributed by atoms with Crippen molar-refractivity contribution in [1.29, 1.82) is 5.26 Å². The summed E-state index contributed by atoms with van der Waals surface area (Å²) in [7, 11) is 0. The average molecular weight is 361 g/mol. The Bertz CT molecular complexity index is 1000. The molecule has 0 fully saturated rings. The number of amides is 1. The van der Waals surface area contributed by atoms with Crippen LogP contribution in [0.1, 0.15) is 26.5 Å². The molecule has 1 aromatic heterocycles. The Labute approximate surface area is 155 Å². The average Bonchev–Trinajstić information content (AvgIpc) is 3.09. The van der Waals surface area contributed by atoms with Gasteiger partial charge in [-0.2, -0.15) is 5.26 Å². The number of esters is 1. The van der Waals surface area contributed by atoms with Gasteiger partial charge in [-0.05, 0) is 31.2 Å². The maximum Gasteiger partial charge on any atom is 0.339 e. The van der Waals surface area contributed by atoms with E-state index in [4.69, 9.17) is 14.5 Å². The van der Waals surface area contributed by atoms with Gasteiger partial charge in [0.2, 0.25) is 0 Å². The third-order valence-corrected chi connectivity index (χ3v) is 3.78. The Morgan fingerprint density at radius 2 is 1.85 bits per heavy atom. The summed E-state index contributed by atoms with van der Waals surface area (Å²) in [4.78, 5) is 24.4. The molecule has 7 nitrogen and oxygen atoms in total. The first-order valence-electron chi connectivity index (χ1n) is 8.07. The van der Waals surface area contributed by atoms with Crippen molar-refractivity contribution in [3.8, 4) is 17.3 Å². The van der Waals surface area contributed by atoms with Gasteiger partial charge >= 0.3 is 5.97 Å². The van der Waals surface area contributed by atoms with Crippen molar-refractivity contribution >= 4 is 17.6 Å². The molecule has 27 heavy (non-hydrogen) atoms. The number of aryl methyl sites for hydroxylation is 1. The molecular formula is C20H15N3O4. The lowest BCUT2D eigenvalue weighted by molar-refractivity contribution is 0.0555. The number of nitriles is 1. The molecule has 3 rings (SSSR count). The fourth-order valence-electron chi connectivity index (χ4n) is 2.50. The van der Waals surface area contributed by atoms with E-state index in [2.05, 4.69) is 10.5 Å². The van der Waals surface area contributed by atoms with Gasteiger partial charge < -0.3 is 14.6 Å². The van der Waals surface area contributed by atoms with Crippen LogP contribution in [0.5, 0.6) is 0 Å². The van der Waals surface area contributed by atoms with Crippen LogP contribution in [0.4, 0.5) is 5.69 Å². The van der Waals surface area contributed by atoms with Crippen molar-refractivity contribution in [1.82, 2.24) is 5.16 Å². The fourth-order valence-corrected chi connectivity index (χ4v) is 2.50. The SMILES string of the molecule is Cc1onc(-c2ccccc2)c1C(=O)Nc1ccc(C(=O)OCC#N)cc1. The predicted octanol–water partition coefficient (Wildman–Crippen LogP) is 3.58. The van der Waals surface area contributed by atoms with Crippen LogP contribution in [-0.4, -0.2) is 23.6 Å². The summed E-state index contributed by atoms with van der Waals surface area (Å²) in [6.45, 7) is 1.36. The number of rotatable bonds is 5. The molecule has 7 heteroatoms. The zero-order valence-electron chi connectivity index (χ0n) is 14.4. The summed E-state index contributed by atoms with van der Waals surface area (Å²) in [5, 5.41) is 15.2.